The van der Waals surface area contributed by atoms with E-state index in [4.69, 9.17) is 11.5 Å². The third kappa shape index (κ3) is 6.95. The SMILES string of the molecule is CNC1CCCCN(CC(=O)NC(C=O)CCCN=C(N)N)C1=O. The number of hydrogen-bond donors (Lipinski definition) is 4. The van der Waals surface area contributed by atoms with E-state index in [9.17, 15) is 14.4 Å². The van der Waals surface area contributed by atoms with Gasteiger partial charge in [-0.15, -0.1) is 0 Å². The van der Waals surface area contributed by atoms with Crippen molar-refractivity contribution in [3.8, 4) is 0 Å². The van der Waals surface area contributed by atoms with Crippen LogP contribution < -0.4 is 22.1 Å². The summed E-state index contributed by atoms with van der Waals surface area (Å²) in [4.78, 5) is 40.9. The van der Waals surface area contributed by atoms with E-state index in [-0.39, 0.29) is 30.4 Å². The third-order valence-electron chi connectivity index (χ3n) is 3.94. The topological polar surface area (TPSA) is 143 Å². The van der Waals surface area contributed by atoms with Gasteiger partial charge in [0, 0.05) is 13.1 Å². The largest absolute Gasteiger partial charge is 0.370 e. The summed E-state index contributed by atoms with van der Waals surface area (Å²) < 4.78 is 0. The van der Waals surface area contributed by atoms with Gasteiger partial charge in [0.2, 0.25) is 11.8 Å². The van der Waals surface area contributed by atoms with Crippen LogP contribution in [-0.4, -0.2) is 67.7 Å². The van der Waals surface area contributed by atoms with E-state index in [1.807, 2.05) is 0 Å². The predicted molar refractivity (Wildman–Crippen MR) is 91.2 cm³/mol. The zero-order chi connectivity index (χ0) is 17.9. The molecule has 2 atom stereocenters. The first kappa shape index (κ1) is 19.9. The second-order valence-corrected chi connectivity index (χ2v) is 5.86. The molecule has 0 aromatic heterocycles. The normalized spacial score (nSPS) is 19.3. The first-order valence-corrected chi connectivity index (χ1v) is 8.24. The molecule has 136 valence electrons. The quantitative estimate of drug-likeness (QED) is 0.171. The number of nitrogens with one attached hydrogen (secondary N) is 2. The highest BCUT2D eigenvalue weighted by Gasteiger charge is 2.27. The third-order valence-corrected chi connectivity index (χ3v) is 3.94. The molecule has 2 amide bonds. The molecule has 1 saturated heterocycles. The molecule has 0 bridgehead atoms. The Kier molecular flexibility index (Phi) is 8.77. The van der Waals surface area contributed by atoms with Crippen molar-refractivity contribution in [2.45, 2.75) is 44.2 Å². The average Bonchev–Trinajstić information content (AvgIpc) is 2.72. The summed E-state index contributed by atoms with van der Waals surface area (Å²) in [6.07, 6.45) is 4.29. The molecule has 1 fully saturated rings. The van der Waals surface area contributed by atoms with Crippen LogP contribution >= 0.6 is 0 Å². The number of likely N-dealkylation sites (tertiary alicyclic amines) is 1. The van der Waals surface area contributed by atoms with Gasteiger partial charge in [-0.2, -0.15) is 0 Å². The van der Waals surface area contributed by atoms with Crippen LogP contribution in [0.25, 0.3) is 0 Å². The van der Waals surface area contributed by atoms with Gasteiger partial charge in [0.05, 0.1) is 18.6 Å². The van der Waals surface area contributed by atoms with E-state index in [1.165, 1.54) is 0 Å². The lowest BCUT2D eigenvalue weighted by molar-refractivity contribution is -0.137. The molecule has 0 spiro atoms. The molecule has 1 aliphatic heterocycles. The second-order valence-electron chi connectivity index (χ2n) is 5.86. The van der Waals surface area contributed by atoms with Gasteiger partial charge in [-0.1, -0.05) is 0 Å². The molecule has 1 heterocycles. The molecule has 0 aromatic rings. The molecular formula is C15H28N6O3. The molecule has 0 aliphatic carbocycles. The first-order valence-electron chi connectivity index (χ1n) is 8.24. The molecule has 0 radical (unpaired) electrons. The summed E-state index contributed by atoms with van der Waals surface area (Å²) >= 11 is 0. The smallest absolute Gasteiger partial charge is 0.240 e. The minimum Gasteiger partial charge on any atom is -0.370 e. The van der Waals surface area contributed by atoms with Crippen molar-refractivity contribution in [2.75, 3.05) is 26.7 Å². The Hall–Kier alpha value is -2.16. The van der Waals surface area contributed by atoms with Crippen molar-refractivity contribution >= 4 is 24.1 Å². The number of hydrogen-bond acceptors (Lipinski definition) is 5. The number of aliphatic imine (C=N–C) groups is 1. The van der Waals surface area contributed by atoms with Gasteiger partial charge in [0.25, 0.3) is 0 Å². The number of rotatable bonds is 9. The Morgan fingerprint density at radius 1 is 1.46 bits per heavy atom. The van der Waals surface area contributed by atoms with Crippen molar-refractivity contribution in [3.63, 3.8) is 0 Å². The van der Waals surface area contributed by atoms with Crippen LogP contribution in [0.5, 0.6) is 0 Å². The molecule has 1 aliphatic rings. The molecule has 0 saturated carbocycles. The van der Waals surface area contributed by atoms with E-state index in [0.29, 0.717) is 32.2 Å². The fourth-order valence-corrected chi connectivity index (χ4v) is 2.65. The predicted octanol–water partition coefficient (Wildman–Crippen LogP) is -1.68. The van der Waals surface area contributed by atoms with Crippen LogP contribution in [0.15, 0.2) is 4.99 Å². The standard InChI is InChI=1S/C15H28N6O3/c1-18-12-6-2-3-8-21(14(12)24)9-13(23)20-11(10-22)5-4-7-19-15(16)17/h10-12,18H,2-9H2,1H3,(H,20,23)(H4,16,17,19). The number of aldehydes is 1. The summed E-state index contributed by atoms with van der Waals surface area (Å²) in [6, 6.07) is -0.851. The number of carbonyl (C=O) groups is 3. The van der Waals surface area contributed by atoms with Gasteiger partial charge in [0.1, 0.15) is 6.29 Å². The minimum atomic E-state index is -0.603. The van der Waals surface area contributed by atoms with E-state index in [2.05, 4.69) is 15.6 Å². The highest BCUT2D eigenvalue weighted by Crippen LogP contribution is 2.11. The summed E-state index contributed by atoms with van der Waals surface area (Å²) in [5.41, 5.74) is 10.4. The van der Waals surface area contributed by atoms with Crippen LogP contribution in [-0.2, 0) is 14.4 Å². The van der Waals surface area contributed by atoms with Gasteiger partial charge in [0.15, 0.2) is 5.96 Å². The zero-order valence-corrected chi connectivity index (χ0v) is 14.2. The Labute approximate surface area is 142 Å². The summed E-state index contributed by atoms with van der Waals surface area (Å²) in [5, 5.41) is 5.62. The monoisotopic (exact) mass is 340 g/mol. The summed E-state index contributed by atoms with van der Waals surface area (Å²) in [6.45, 7) is 0.924. The lowest BCUT2D eigenvalue weighted by Gasteiger charge is -2.24. The lowest BCUT2D eigenvalue weighted by atomic mass is 10.1. The molecule has 0 aromatic carbocycles. The van der Waals surface area contributed by atoms with Crippen LogP contribution in [0.2, 0.25) is 0 Å². The van der Waals surface area contributed by atoms with E-state index in [1.54, 1.807) is 11.9 Å². The highest BCUT2D eigenvalue weighted by atomic mass is 16.2. The second kappa shape index (κ2) is 10.6. The molecule has 6 N–H and O–H groups in total. The fraction of sp³-hybridized carbons (Fsp3) is 0.733. The highest BCUT2D eigenvalue weighted by molar-refractivity contribution is 5.88. The Morgan fingerprint density at radius 2 is 2.21 bits per heavy atom. The Bertz CT molecular complexity index is 464. The average molecular weight is 340 g/mol. The maximum Gasteiger partial charge on any atom is 0.240 e. The molecular weight excluding hydrogens is 312 g/mol. The summed E-state index contributed by atoms with van der Waals surface area (Å²) in [5.74, 6) is -0.403. The Morgan fingerprint density at radius 3 is 2.83 bits per heavy atom. The lowest BCUT2D eigenvalue weighted by Crippen LogP contribution is -2.49. The van der Waals surface area contributed by atoms with Gasteiger partial charge in [-0.3, -0.25) is 14.6 Å². The van der Waals surface area contributed by atoms with Crippen molar-refractivity contribution in [3.05, 3.63) is 0 Å². The van der Waals surface area contributed by atoms with Gasteiger partial charge < -0.3 is 31.8 Å². The minimum absolute atomic E-state index is 0.000419. The first-order chi connectivity index (χ1) is 11.5. The number of carbonyl (C=O) groups excluding carboxylic acids is 3. The molecule has 2 unspecified atom stereocenters. The van der Waals surface area contributed by atoms with E-state index in [0.717, 1.165) is 19.3 Å². The fourth-order valence-electron chi connectivity index (χ4n) is 2.65. The molecule has 1 rings (SSSR count). The number of likely N-dealkylation sites (N-methyl/N-ethyl adjacent to an activating group) is 1. The van der Waals surface area contributed by atoms with Crippen molar-refractivity contribution in [1.29, 1.82) is 0 Å². The van der Waals surface area contributed by atoms with Gasteiger partial charge in [-0.05, 0) is 39.2 Å². The van der Waals surface area contributed by atoms with Crippen LogP contribution in [0, 0.1) is 0 Å². The van der Waals surface area contributed by atoms with Gasteiger partial charge >= 0.3 is 0 Å². The molecule has 9 heteroatoms. The van der Waals surface area contributed by atoms with Crippen molar-refractivity contribution in [2.24, 2.45) is 16.5 Å². The number of guanidine groups is 1. The van der Waals surface area contributed by atoms with Crippen LogP contribution in [0.4, 0.5) is 0 Å². The van der Waals surface area contributed by atoms with Gasteiger partial charge in [-0.25, -0.2) is 0 Å². The van der Waals surface area contributed by atoms with E-state index >= 15 is 0 Å². The Balaban J connectivity index is 2.45. The number of nitrogens with zero attached hydrogens (tertiary/aromatic N) is 2. The van der Waals surface area contributed by atoms with E-state index < -0.39 is 6.04 Å². The number of amides is 2. The summed E-state index contributed by atoms with van der Waals surface area (Å²) in [7, 11) is 1.74. The molecule has 24 heavy (non-hydrogen) atoms. The zero-order valence-electron chi connectivity index (χ0n) is 14.2. The molecule has 9 nitrogen and oxygen atoms in total. The van der Waals surface area contributed by atoms with Crippen LogP contribution in [0.3, 0.4) is 0 Å². The number of nitrogens with two attached hydrogens (primary N) is 2. The maximum atomic E-state index is 12.3. The van der Waals surface area contributed by atoms with Crippen molar-refractivity contribution < 1.29 is 14.4 Å². The van der Waals surface area contributed by atoms with Crippen molar-refractivity contribution in [1.82, 2.24) is 15.5 Å². The van der Waals surface area contributed by atoms with Crippen LogP contribution in [0.1, 0.15) is 32.1 Å². The maximum absolute atomic E-state index is 12.3.